The lowest BCUT2D eigenvalue weighted by molar-refractivity contribution is 0.305. The summed E-state index contributed by atoms with van der Waals surface area (Å²) in [7, 11) is 0. The zero-order chi connectivity index (χ0) is 20.3. The Kier molecular flexibility index (Phi) is 8.69. The summed E-state index contributed by atoms with van der Waals surface area (Å²) in [4.78, 5) is 0. The lowest BCUT2D eigenvalue weighted by atomic mass is 9.81. The van der Waals surface area contributed by atoms with Gasteiger partial charge < -0.3 is 4.74 Å². The maximum Gasteiger partial charge on any atom is 0.119 e. The van der Waals surface area contributed by atoms with Gasteiger partial charge in [0.1, 0.15) is 5.75 Å². The maximum atomic E-state index is 5.85. The van der Waals surface area contributed by atoms with Gasteiger partial charge in [-0.05, 0) is 73.4 Å². The maximum absolute atomic E-state index is 5.85. The Morgan fingerprint density at radius 2 is 1.45 bits per heavy atom. The van der Waals surface area contributed by atoms with Gasteiger partial charge in [0.2, 0.25) is 0 Å². The Morgan fingerprint density at radius 1 is 0.793 bits per heavy atom. The standard InChI is InChI=1S/C28H36O/c1-3-5-6-7-22-29-28-20-18-27(19-21-28)26-16-14-25(15-17-26)13-12-24-10-8-23(4-2)9-11-24/h14-21,23-24H,3-11,22H2,1-2H3. The Bertz CT molecular complexity index is 768. The Labute approximate surface area is 177 Å². The molecule has 1 fully saturated rings. The van der Waals surface area contributed by atoms with E-state index in [1.165, 1.54) is 62.5 Å². The minimum absolute atomic E-state index is 0.590. The van der Waals surface area contributed by atoms with E-state index in [0.717, 1.165) is 30.3 Å². The van der Waals surface area contributed by atoms with Crippen LogP contribution in [0.5, 0.6) is 5.75 Å². The predicted octanol–water partition coefficient (Wildman–Crippen LogP) is 7.88. The summed E-state index contributed by atoms with van der Waals surface area (Å²) >= 11 is 0. The van der Waals surface area contributed by atoms with Gasteiger partial charge in [-0.3, -0.25) is 0 Å². The number of unbranched alkanes of at least 4 members (excludes halogenated alkanes) is 3. The zero-order valence-corrected chi connectivity index (χ0v) is 18.3. The summed E-state index contributed by atoms with van der Waals surface area (Å²) in [6, 6.07) is 17.1. The average molecular weight is 389 g/mol. The Balaban J connectivity index is 1.50. The van der Waals surface area contributed by atoms with Crippen molar-refractivity contribution < 1.29 is 4.74 Å². The van der Waals surface area contributed by atoms with Gasteiger partial charge >= 0.3 is 0 Å². The largest absolute Gasteiger partial charge is 0.494 e. The topological polar surface area (TPSA) is 9.23 Å². The molecule has 154 valence electrons. The first-order valence-electron chi connectivity index (χ1n) is 11.6. The lowest BCUT2D eigenvalue weighted by Crippen LogP contribution is -2.12. The molecule has 0 saturated heterocycles. The van der Waals surface area contributed by atoms with Gasteiger partial charge in [0.15, 0.2) is 0 Å². The van der Waals surface area contributed by atoms with Crippen LogP contribution in [0.2, 0.25) is 0 Å². The van der Waals surface area contributed by atoms with Crippen LogP contribution in [0, 0.1) is 23.7 Å². The first-order chi connectivity index (χ1) is 14.3. The number of hydrogen-bond acceptors (Lipinski definition) is 1. The molecule has 0 radical (unpaired) electrons. The summed E-state index contributed by atoms with van der Waals surface area (Å²) in [5.41, 5.74) is 3.58. The molecule has 29 heavy (non-hydrogen) atoms. The van der Waals surface area contributed by atoms with E-state index in [1.807, 2.05) is 0 Å². The van der Waals surface area contributed by atoms with Crippen LogP contribution in [0.15, 0.2) is 48.5 Å². The third kappa shape index (κ3) is 6.97. The minimum Gasteiger partial charge on any atom is -0.494 e. The molecule has 0 bridgehead atoms. The normalized spacial score (nSPS) is 18.7. The SMILES string of the molecule is CCCCCCOc1ccc(-c2ccc(C#CC3CCC(CC)CC3)cc2)cc1. The Hall–Kier alpha value is -2.20. The summed E-state index contributed by atoms with van der Waals surface area (Å²) in [6.45, 7) is 5.36. The molecule has 2 aromatic carbocycles. The molecule has 0 amide bonds. The molecule has 3 rings (SSSR count). The number of benzene rings is 2. The highest BCUT2D eigenvalue weighted by molar-refractivity contribution is 5.65. The van der Waals surface area contributed by atoms with Gasteiger partial charge in [-0.15, -0.1) is 0 Å². The first-order valence-corrected chi connectivity index (χ1v) is 11.6. The van der Waals surface area contributed by atoms with Crippen molar-refractivity contribution in [2.24, 2.45) is 11.8 Å². The van der Waals surface area contributed by atoms with Crippen molar-refractivity contribution >= 4 is 0 Å². The van der Waals surface area contributed by atoms with Gasteiger partial charge in [0, 0.05) is 11.5 Å². The van der Waals surface area contributed by atoms with Crippen LogP contribution in [-0.2, 0) is 0 Å². The van der Waals surface area contributed by atoms with Gasteiger partial charge in [0.05, 0.1) is 6.61 Å². The second-order valence-corrected chi connectivity index (χ2v) is 8.41. The number of rotatable bonds is 8. The van der Waals surface area contributed by atoms with Gasteiger partial charge in [-0.25, -0.2) is 0 Å². The van der Waals surface area contributed by atoms with Crippen LogP contribution in [0.4, 0.5) is 0 Å². The molecular formula is C28H36O. The van der Waals surface area contributed by atoms with Crippen LogP contribution in [0.1, 0.15) is 77.2 Å². The van der Waals surface area contributed by atoms with Crippen molar-refractivity contribution in [1.82, 2.24) is 0 Å². The van der Waals surface area contributed by atoms with E-state index in [2.05, 4.69) is 74.2 Å². The molecule has 0 atom stereocenters. The van der Waals surface area contributed by atoms with Gasteiger partial charge in [-0.1, -0.05) is 75.6 Å². The quantitative estimate of drug-likeness (QED) is 0.330. The van der Waals surface area contributed by atoms with Crippen LogP contribution >= 0.6 is 0 Å². The van der Waals surface area contributed by atoms with Crippen LogP contribution in [-0.4, -0.2) is 6.61 Å². The predicted molar refractivity (Wildman–Crippen MR) is 124 cm³/mol. The third-order valence-corrected chi connectivity index (χ3v) is 6.18. The second-order valence-electron chi connectivity index (χ2n) is 8.41. The highest BCUT2D eigenvalue weighted by Gasteiger charge is 2.17. The highest BCUT2D eigenvalue weighted by atomic mass is 16.5. The monoisotopic (exact) mass is 388 g/mol. The summed E-state index contributed by atoms with van der Waals surface area (Å²) in [6.07, 6.45) is 11.5. The molecule has 0 N–H and O–H groups in total. The van der Waals surface area contributed by atoms with Crippen molar-refractivity contribution in [3.63, 3.8) is 0 Å². The Morgan fingerprint density at radius 3 is 2.07 bits per heavy atom. The van der Waals surface area contributed by atoms with Crippen LogP contribution < -0.4 is 4.74 Å². The number of hydrogen-bond donors (Lipinski definition) is 0. The van der Waals surface area contributed by atoms with Crippen LogP contribution in [0.25, 0.3) is 11.1 Å². The van der Waals surface area contributed by atoms with Gasteiger partial charge in [0.25, 0.3) is 0 Å². The number of ether oxygens (including phenoxy) is 1. The van der Waals surface area contributed by atoms with E-state index in [9.17, 15) is 0 Å². The van der Waals surface area contributed by atoms with E-state index in [1.54, 1.807) is 0 Å². The molecule has 1 saturated carbocycles. The highest BCUT2D eigenvalue weighted by Crippen LogP contribution is 2.30. The summed E-state index contributed by atoms with van der Waals surface area (Å²) in [5.74, 6) is 9.41. The zero-order valence-electron chi connectivity index (χ0n) is 18.3. The lowest BCUT2D eigenvalue weighted by Gasteiger charge is -2.24. The summed E-state index contributed by atoms with van der Waals surface area (Å²) in [5, 5.41) is 0. The van der Waals surface area contributed by atoms with Crippen LogP contribution in [0.3, 0.4) is 0 Å². The van der Waals surface area contributed by atoms with E-state index in [0.29, 0.717) is 5.92 Å². The molecule has 0 unspecified atom stereocenters. The molecule has 1 heteroatoms. The van der Waals surface area contributed by atoms with E-state index < -0.39 is 0 Å². The van der Waals surface area contributed by atoms with Crippen molar-refractivity contribution in [3.05, 3.63) is 54.1 Å². The fourth-order valence-corrected chi connectivity index (χ4v) is 4.11. The molecule has 0 spiro atoms. The molecule has 0 heterocycles. The molecule has 2 aromatic rings. The molecule has 0 aliphatic heterocycles. The average Bonchev–Trinajstić information content (AvgIpc) is 2.79. The molecule has 1 aliphatic carbocycles. The van der Waals surface area contributed by atoms with Crippen molar-refractivity contribution in [3.8, 4) is 28.7 Å². The molecule has 1 aliphatic rings. The van der Waals surface area contributed by atoms with Gasteiger partial charge in [-0.2, -0.15) is 0 Å². The van der Waals surface area contributed by atoms with Crippen molar-refractivity contribution in [1.29, 1.82) is 0 Å². The third-order valence-electron chi connectivity index (χ3n) is 6.18. The molecule has 0 aromatic heterocycles. The fraction of sp³-hybridized carbons (Fsp3) is 0.500. The molecule has 1 nitrogen and oxygen atoms in total. The van der Waals surface area contributed by atoms with E-state index in [4.69, 9.17) is 4.74 Å². The van der Waals surface area contributed by atoms with E-state index >= 15 is 0 Å². The minimum atomic E-state index is 0.590. The van der Waals surface area contributed by atoms with Crippen molar-refractivity contribution in [2.45, 2.75) is 71.6 Å². The van der Waals surface area contributed by atoms with E-state index in [-0.39, 0.29) is 0 Å². The summed E-state index contributed by atoms with van der Waals surface area (Å²) < 4.78 is 5.85. The smallest absolute Gasteiger partial charge is 0.119 e. The first kappa shape index (κ1) is 21.5. The molecular weight excluding hydrogens is 352 g/mol. The van der Waals surface area contributed by atoms with Crippen molar-refractivity contribution in [2.75, 3.05) is 6.61 Å². The fourth-order valence-electron chi connectivity index (χ4n) is 4.11. The second kappa shape index (κ2) is 11.7.